The van der Waals surface area contributed by atoms with E-state index in [1.807, 2.05) is 12.1 Å². The Bertz CT molecular complexity index is 391. The number of alkyl carbamates (subject to hydrolysis) is 1. The Balaban J connectivity index is 2.11. The van der Waals surface area contributed by atoms with E-state index in [2.05, 4.69) is 21.4 Å². The van der Waals surface area contributed by atoms with Gasteiger partial charge in [0.2, 0.25) is 0 Å². The molecular formula is C12H16N2O2. The molecule has 1 aliphatic heterocycles. The van der Waals surface area contributed by atoms with E-state index in [1.54, 1.807) is 0 Å². The van der Waals surface area contributed by atoms with Gasteiger partial charge in [-0.2, -0.15) is 0 Å². The second-order valence-corrected chi connectivity index (χ2v) is 3.83. The Morgan fingerprint density at radius 3 is 3.25 bits per heavy atom. The van der Waals surface area contributed by atoms with Gasteiger partial charge in [-0.05, 0) is 24.0 Å². The molecule has 1 amide bonds. The fourth-order valence-corrected chi connectivity index (χ4v) is 1.97. The molecule has 4 heteroatoms. The topological polar surface area (TPSA) is 50.4 Å². The van der Waals surface area contributed by atoms with Gasteiger partial charge in [0.25, 0.3) is 0 Å². The molecular weight excluding hydrogens is 204 g/mol. The zero-order valence-electron chi connectivity index (χ0n) is 9.38. The monoisotopic (exact) mass is 220 g/mol. The third-order valence-electron chi connectivity index (χ3n) is 2.77. The van der Waals surface area contributed by atoms with Crippen molar-refractivity contribution in [2.75, 3.05) is 19.0 Å². The van der Waals surface area contributed by atoms with E-state index >= 15 is 0 Å². The third kappa shape index (κ3) is 2.27. The van der Waals surface area contributed by atoms with E-state index in [-0.39, 0.29) is 0 Å². The van der Waals surface area contributed by atoms with Crippen LogP contribution in [0.15, 0.2) is 18.2 Å². The first-order chi connectivity index (χ1) is 7.81. The largest absolute Gasteiger partial charge is 0.453 e. The van der Waals surface area contributed by atoms with Gasteiger partial charge in [0.05, 0.1) is 7.11 Å². The molecule has 2 N–H and O–H groups in total. The van der Waals surface area contributed by atoms with Crippen molar-refractivity contribution in [1.82, 2.24) is 5.32 Å². The van der Waals surface area contributed by atoms with E-state index in [0.29, 0.717) is 6.54 Å². The highest BCUT2D eigenvalue weighted by Gasteiger charge is 2.12. The van der Waals surface area contributed by atoms with Gasteiger partial charge in [0.1, 0.15) is 0 Å². The van der Waals surface area contributed by atoms with Crippen LogP contribution in [0.2, 0.25) is 0 Å². The lowest BCUT2D eigenvalue weighted by atomic mass is 9.99. The average molecular weight is 220 g/mol. The predicted octanol–water partition coefficient (Wildman–Crippen LogP) is 1.90. The standard InChI is InChI=1S/C12H16N2O2/c1-16-12(15)14-8-10-5-2-4-9-6-3-7-13-11(9)10/h2,4-5,13H,3,6-8H2,1H3,(H,14,15). The van der Waals surface area contributed by atoms with Crippen molar-refractivity contribution < 1.29 is 9.53 Å². The van der Waals surface area contributed by atoms with Gasteiger partial charge >= 0.3 is 6.09 Å². The van der Waals surface area contributed by atoms with Crippen LogP contribution < -0.4 is 10.6 Å². The second-order valence-electron chi connectivity index (χ2n) is 3.83. The first-order valence-corrected chi connectivity index (χ1v) is 5.47. The maximum absolute atomic E-state index is 11.0. The maximum atomic E-state index is 11.0. The molecule has 86 valence electrons. The molecule has 16 heavy (non-hydrogen) atoms. The SMILES string of the molecule is COC(=O)NCc1cccc2c1NCCC2. The van der Waals surface area contributed by atoms with Crippen molar-refractivity contribution in [3.8, 4) is 0 Å². The molecule has 0 atom stereocenters. The average Bonchev–Trinajstić information content (AvgIpc) is 2.35. The van der Waals surface area contributed by atoms with Crippen LogP contribution in [-0.4, -0.2) is 19.7 Å². The highest BCUT2D eigenvalue weighted by atomic mass is 16.5. The normalized spacial score (nSPS) is 13.6. The summed E-state index contributed by atoms with van der Waals surface area (Å²) < 4.78 is 4.55. The number of amides is 1. The summed E-state index contributed by atoms with van der Waals surface area (Å²) >= 11 is 0. The van der Waals surface area contributed by atoms with Gasteiger partial charge in [-0.3, -0.25) is 0 Å². The molecule has 4 nitrogen and oxygen atoms in total. The molecule has 0 aliphatic carbocycles. The summed E-state index contributed by atoms with van der Waals surface area (Å²) in [5.74, 6) is 0. The number of rotatable bonds is 2. The first kappa shape index (κ1) is 10.8. The number of carbonyl (C=O) groups is 1. The zero-order chi connectivity index (χ0) is 11.4. The van der Waals surface area contributed by atoms with Crippen molar-refractivity contribution in [3.05, 3.63) is 29.3 Å². The summed E-state index contributed by atoms with van der Waals surface area (Å²) in [4.78, 5) is 11.0. The van der Waals surface area contributed by atoms with E-state index in [4.69, 9.17) is 0 Å². The highest BCUT2D eigenvalue weighted by molar-refractivity contribution is 5.68. The van der Waals surface area contributed by atoms with Crippen LogP contribution in [0.5, 0.6) is 0 Å². The molecule has 0 saturated heterocycles. The van der Waals surface area contributed by atoms with Gasteiger partial charge in [-0.15, -0.1) is 0 Å². The van der Waals surface area contributed by atoms with Crippen molar-refractivity contribution in [2.45, 2.75) is 19.4 Å². The number of para-hydroxylation sites is 1. The minimum Gasteiger partial charge on any atom is -0.453 e. The van der Waals surface area contributed by atoms with Crippen LogP contribution in [-0.2, 0) is 17.7 Å². The summed E-state index contributed by atoms with van der Waals surface area (Å²) in [6.07, 6.45) is 1.88. The van der Waals surface area contributed by atoms with Crippen LogP contribution >= 0.6 is 0 Å². The Kier molecular flexibility index (Phi) is 3.29. The molecule has 0 spiro atoms. The van der Waals surface area contributed by atoms with Gasteiger partial charge in [0, 0.05) is 18.8 Å². The first-order valence-electron chi connectivity index (χ1n) is 5.47. The fourth-order valence-electron chi connectivity index (χ4n) is 1.97. The Morgan fingerprint density at radius 1 is 1.56 bits per heavy atom. The van der Waals surface area contributed by atoms with Crippen molar-refractivity contribution in [2.24, 2.45) is 0 Å². The van der Waals surface area contributed by atoms with Crippen LogP contribution in [0.3, 0.4) is 0 Å². The van der Waals surface area contributed by atoms with Crippen LogP contribution in [0.1, 0.15) is 17.5 Å². The lowest BCUT2D eigenvalue weighted by Crippen LogP contribution is -2.24. The number of hydrogen-bond acceptors (Lipinski definition) is 3. The molecule has 0 aromatic heterocycles. The number of aryl methyl sites for hydroxylation is 1. The lowest BCUT2D eigenvalue weighted by molar-refractivity contribution is 0.170. The van der Waals surface area contributed by atoms with Gasteiger partial charge < -0.3 is 15.4 Å². The lowest BCUT2D eigenvalue weighted by Gasteiger charge is -2.21. The van der Waals surface area contributed by atoms with E-state index in [9.17, 15) is 4.79 Å². The molecule has 1 aromatic rings. The highest BCUT2D eigenvalue weighted by Crippen LogP contribution is 2.25. The fraction of sp³-hybridized carbons (Fsp3) is 0.417. The molecule has 0 unspecified atom stereocenters. The number of fused-ring (bicyclic) bond motifs is 1. The minimum absolute atomic E-state index is 0.395. The van der Waals surface area contributed by atoms with Gasteiger partial charge in [0.15, 0.2) is 0 Å². The number of nitrogens with one attached hydrogen (secondary N) is 2. The maximum Gasteiger partial charge on any atom is 0.407 e. The molecule has 1 aliphatic rings. The summed E-state index contributed by atoms with van der Waals surface area (Å²) in [5.41, 5.74) is 3.61. The number of benzene rings is 1. The van der Waals surface area contributed by atoms with Crippen LogP contribution in [0.4, 0.5) is 10.5 Å². The Labute approximate surface area is 95.0 Å². The van der Waals surface area contributed by atoms with Gasteiger partial charge in [-0.1, -0.05) is 18.2 Å². The van der Waals surface area contributed by atoms with E-state index in [1.165, 1.54) is 24.8 Å². The number of ether oxygens (including phenoxy) is 1. The summed E-state index contributed by atoms with van der Waals surface area (Å²) in [7, 11) is 1.37. The molecule has 0 bridgehead atoms. The van der Waals surface area contributed by atoms with Crippen LogP contribution in [0.25, 0.3) is 0 Å². The second kappa shape index (κ2) is 4.88. The predicted molar refractivity (Wildman–Crippen MR) is 62.5 cm³/mol. The minimum atomic E-state index is -0.395. The van der Waals surface area contributed by atoms with Crippen molar-refractivity contribution >= 4 is 11.8 Å². The molecule has 2 rings (SSSR count). The molecule has 0 fully saturated rings. The summed E-state index contributed by atoms with van der Waals surface area (Å²) in [5, 5.41) is 6.08. The van der Waals surface area contributed by atoms with Gasteiger partial charge in [-0.25, -0.2) is 4.79 Å². The molecule has 1 heterocycles. The zero-order valence-corrected chi connectivity index (χ0v) is 9.38. The van der Waals surface area contributed by atoms with E-state index in [0.717, 1.165) is 18.5 Å². The molecule has 1 aromatic carbocycles. The summed E-state index contributed by atoms with van der Waals surface area (Å²) in [6.45, 7) is 1.51. The molecule has 0 radical (unpaired) electrons. The molecule has 0 saturated carbocycles. The third-order valence-corrected chi connectivity index (χ3v) is 2.77. The number of methoxy groups -OCH3 is 1. The Hall–Kier alpha value is -1.71. The quantitative estimate of drug-likeness (QED) is 0.800. The van der Waals surface area contributed by atoms with Crippen molar-refractivity contribution in [1.29, 1.82) is 0 Å². The number of hydrogen-bond donors (Lipinski definition) is 2. The summed E-state index contributed by atoms with van der Waals surface area (Å²) in [6, 6.07) is 6.18. The number of carbonyl (C=O) groups excluding carboxylic acids is 1. The smallest absolute Gasteiger partial charge is 0.407 e. The van der Waals surface area contributed by atoms with Crippen LogP contribution in [0, 0.1) is 0 Å². The Morgan fingerprint density at radius 2 is 2.44 bits per heavy atom. The van der Waals surface area contributed by atoms with Crippen molar-refractivity contribution in [3.63, 3.8) is 0 Å². The number of anilines is 1. The van der Waals surface area contributed by atoms with E-state index < -0.39 is 6.09 Å².